The minimum atomic E-state index is -0.535. The second-order valence-corrected chi connectivity index (χ2v) is 8.77. The Morgan fingerprint density at radius 1 is 0.969 bits per heavy atom. The van der Waals surface area contributed by atoms with Gasteiger partial charge in [0.2, 0.25) is 5.91 Å². The molecular weight excluding hydrogens is 420 g/mol. The van der Waals surface area contributed by atoms with Crippen LogP contribution in [-0.4, -0.2) is 29.2 Å². The zero-order valence-corrected chi connectivity index (χ0v) is 19.1. The van der Waals surface area contributed by atoms with E-state index < -0.39 is 5.25 Å². The van der Waals surface area contributed by atoms with Crippen LogP contribution >= 0.6 is 11.8 Å². The van der Waals surface area contributed by atoms with Gasteiger partial charge in [0.05, 0.1) is 23.7 Å². The first-order chi connectivity index (χ1) is 15.5. The maximum Gasteiger partial charge on any atom is 0.247 e. The van der Waals surface area contributed by atoms with E-state index in [0.717, 1.165) is 22.5 Å². The maximum atomic E-state index is 13.5. The predicted molar refractivity (Wildman–Crippen MR) is 130 cm³/mol. The standard InChI is InChI=1S/C26H24N2O3S/c1-17-8-4-6-10-21(17)27-26-28(22-11-7-5-9-18(22)2)25(30)24(32-26)16-23(29)19-12-14-20(31-3)15-13-19/h4-15,24H,16H2,1-3H3. The molecule has 1 heterocycles. The molecule has 1 unspecified atom stereocenters. The van der Waals surface area contributed by atoms with Crippen LogP contribution in [0.3, 0.4) is 0 Å². The molecular formula is C26H24N2O3S. The van der Waals surface area contributed by atoms with E-state index in [4.69, 9.17) is 9.73 Å². The van der Waals surface area contributed by atoms with Crippen molar-refractivity contribution in [2.45, 2.75) is 25.5 Å². The number of aryl methyl sites for hydroxylation is 2. The first-order valence-electron chi connectivity index (χ1n) is 10.4. The molecule has 1 amide bonds. The van der Waals surface area contributed by atoms with Crippen LogP contribution in [0.2, 0.25) is 0 Å². The number of methoxy groups -OCH3 is 1. The summed E-state index contributed by atoms with van der Waals surface area (Å²) >= 11 is 1.35. The molecule has 6 heteroatoms. The van der Waals surface area contributed by atoms with Gasteiger partial charge < -0.3 is 4.74 Å². The Morgan fingerprint density at radius 2 is 1.62 bits per heavy atom. The molecule has 0 aliphatic carbocycles. The number of para-hydroxylation sites is 2. The lowest BCUT2D eigenvalue weighted by molar-refractivity contribution is -0.116. The average molecular weight is 445 g/mol. The number of aliphatic imine (C=N–C) groups is 1. The molecule has 1 aliphatic rings. The highest BCUT2D eigenvalue weighted by atomic mass is 32.2. The average Bonchev–Trinajstić information content (AvgIpc) is 3.10. The predicted octanol–water partition coefficient (Wildman–Crippen LogP) is 5.72. The summed E-state index contributed by atoms with van der Waals surface area (Å²) in [5.74, 6) is 0.477. The lowest BCUT2D eigenvalue weighted by Crippen LogP contribution is -2.33. The van der Waals surface area contributed by atoms with Crippen molar-refractivity contribution >= 4 is 40.0 Å². The van der Waals surface area contributed by atoms with Crippen molar-refractivity contribution in [1.29, 1.82) is 0 Å². The van der Waals surface area contributed by atoms with E-state index >= 15 is 0 Å². The number of anilines is 1. The third-order valence-corrected chi connectivity index (χ3v) is 6.54. The first-order valence-corrected chi connectivity index (χ1v) is 11.2. The number of thioether (sulfide) groups is 1. The van der Waals surface area contributed by atoms with Crippen molar-refractivity contribution in [3.63, 3.8) is 0 Å². The van der Waals surface area contributed by atoms with E-state index in [1.807, 2.05) is 62.4 Å². The molecule has 32 heavy (non-hydrogen) atoms. The van der Waals surface area contributed by atoms with E-state index in [0.29, 0.717) is 16.5 Å². The largest absolute Gasteiger partial charge is 0.497 e. The summed E-state index contributed by atoms with van der Waals surface area (Å²) in [6, 6.07) is 22.5. The van der Waals surface area contributed by atoms with Crippen LogP contribution in [0.1, 0.15) is 27.9 Å². The highest BCUT2D eigenvalue weighted by Gasteiger charge is 2.40. The highest BCUT2D eigenvalue weighted by molar-refractivity contribution is 8.16. The fraction of sp³-hybridized carbons (Fsp3) is 0.192. The van der Waals surface area contributed by atoms with Gasteiger partial charge in [0.25, 0.3) is 0 Å². The highest BCUT2D eigenvalue weighted by Crippen LogP contribution is 2.37. The van der Waals surface area contributed by atoms with Gasteiger partial charge in [-0.05, 0) is 61.4 Å². The molecule has 1 fully saturated rings. The van der Waals surface area contributed by atoms with Crippen LogP contribution < -0.4 is 9.64 Å². The molecule has 1 atom stereocenters. The number of amidine groups is 1. The lowest BCUT2D eigenvalue weighted by atomic mass is 10.1. The number of nitrogens with zero attached hydrogens (tertiary/aromatic N) is 2. The molecule has 4 rings (SSSR count). The molecule has 0 spiro atoms. The smallest absolute Gasteiger partial charge is 0.247 e. The molecule has 1 saturated heterocycles. The minimum Gasteiger partial charge on any atom is -0.497 e. The molecule has 3 aromatic rings. The fourth-order valence-corrected chi connectivity index (χ4v) is 4.71. The molecule has 0 radical (unpaired) electrons. The van der Waals surface area contributed by atoms with Gasteiger partial charge in [0, 0.05) is 12.0 Å². The van der Waals surface area contributed by atoms with Gasteiger partial charge in [-0.3, -0.25) is 14.5 Å². The Labute approximate surface area is 192 Å². The van der Waals surface area contributed by atoms with Gasteiger partial charge in [-0.25, -0.2) is 4.99 Å². The molecule has 5 nitrogen and oxygen atoms in total. The van der Waals surface area contributed by atoms with E-state index in [2.05, 4.69) is 0 Å². The maximum absolute atomic E-state index is 13.5. The number of Topliss-reactive ketones (excluding diaryl/α,β-unsaturated/α-hetero) is 1. The SMILES string of the molecule is COc1ccc(C(=O)CC2SC(=Nc3ccccc3C)N(c3ccccc3C)C2=O)cc1. The Kier molecular flexibility index (Phi) is 6.42. The lowest BCUT2D eigenvalue weighted by Gasteiger charge is -2.19. The van der Waals surface area contributed by atoms with Crippen LogP contribution in [0.15, 0.2) is 77.8 Å². The van der Waals surface area contributed by atoms with Gasteiger partial charge in [-0.1, -0.05) is 48.2 Å². The quantitative estimate of drug-likeness (QED) is 0.456. The summed E-state index contributed by atoms with van der Waals surface area (Å²) in [5.41, 5.74) is 4.16. The van der Waals surface area contributed by atoms with Gasteiger partial charge in [0.15, 0.2) is 11.0 Å². The molecule has 3 aromatic carbocycles. The van der Waals surface area contributed by atoms with Crippen LogP contribution in [0.25, 0.3) is 0 Å². The normalized spacial score (nSPS) is 17.1. The van der Waals surface area contributed by atoms with Crippen molar-refractivity contribution in [1.82, 2.24) is 0 Å². The Balaban J connectivity index is 1.66. The summed E-state index contributed by atoms with van der Waals surface area (Å²) in [5, 5.41) is 0.0538. The number of amides is 1. The topological polar surface area (TPSA) is 59.0 Å². The summed E-state index contributed by atoms with van der Waals surface area (Å²) in [7, 11) is 1.58. The second-order valence-electron chi connectivity index (χ2n) is 7.60. The van der Waals surface area contributed by atoms with E-state index in [-0.39, 0.29) is 18.1 Å². The number of hydrogen-bond donors (Lipinski definition) is 0. The molecule has 0 aromatic heterocycles. The second kappa shape index (κ2) is 9.40. The summed E-state index contributed by atoms with van der Waals surface area (Å²) in [6.45, 7) is 3.96. The molecule has 0 N–H and O–H groups in total. The molecule has 1 aliphatic heterocycles. The van der Waals surface area contributed by atoms with Crippen LogP contribution in [0.4, 0.5) is 11.4 Å². The number of carbonyl (C=O) groups is 2. The number of benzene rings is 3. The van der Waals surface area contributed by atoms with Crippen LogP contribution in [-0.2, 0) is 4.79 Å². The fourth-order valence-electron chi connectivity index (χ4n) is 3.57. The summed E-state index contributed by atoms with van der Waals surface area (Å²) in [6.07, 6.45) is 0.102. The summed E-state index contributed by atoms with van der Waals surface area (Å²) < 4.78 is 5.16. The number of carbonyl (C=O) groups excluding carboxylic acids is 2. The van der Waals surface area contributed by atoms with Crippen molar-refractivity contribution in [3.8, 4) is 5.75 Å². The van der Waals surface area contributed by atoms with Crippen molar-refractivity contribution < 1.29 is 14.3 Å². The number of ether oxygens (including phenoxy) is 1. The number of ketones is 1. The molecule has 0 saturated carbocycles. The Morgan fingerprint density at radius 3 is 2.28 bits per heavy atom. The van der Waals surface area contributed by atoms with Crippen LogP contribution in [0, 0.1) is 13.8 Å². The van der Waals surface area contributed by atoms with Crippen molar-refractivity contribution in [3.05, 3.63) is 89.5 Å². The van der Waals surface area contributed by atoms with Gasteiger partial charge in [0.1, 0.15) is 5.75 Å². The van der Waals surface area contributed by atoms with Crippen molar-refractivity contribution in [2.75, 3.05) is 12.0 Å². The van der Waals surface area contributed by atoms with Gasteiger partial charge in [-0.2, -0.15) is 0 Å². The van der Waals surface area contributed by atoms with Crippen molar-refractivity contribution in [2.24, 2.45) is 4.99 Å². The summed E-state index contributed by atoms with van der Waals surface area (Å²) in [4.78, 5) is 32.8. The van der Waals surface area contributed by atoms with Crippen LogP contribution in [0.5, 0.6) is 5.75 Å². The van der Waals surface area contributed by atoms with E-state index in [1.165, 1.54) is 11.8 Å². The number of rotatable bonds is 6. The zero-order valence-electron chi connectivity index (χ0n) is 18.2. The number of hydrogen-bond acceptors (Lipinski definition) is 5. The van der Waals surface area contributed by atoms with E-state index in [9.17, 15) is 9.59 Å². The third kappa shape index (κ3) is 4.46. The molecule has 0 bridgehead atoms. The minimum absolute atomic E-state index is 0.0830. The monoisotopic (exact) mass is 444 g/mol. The Hall–Kier alpha value is -3.38. The third-order valence-electron chi connectivity index (χ3n) is 5.41. The Bertz CT molecular complexity index is 1190. The zero-order chi connectivity index (χ0) is 22.7. The van der Waals surface area contributed by atoms with E-state index in [1.54, 1.807) is 36.3 Å². The molecule has 162 valence electrons. The van der Waals surface area contributed by atoms with Gasteiger partial charge in [-0.15, -0.1) is 0 Å². The first kappa shape index (κ1) is 21.8. The van der Waals surface area contributed by atoms with Gasteiger partial charge >= 0.3 is 0 Å².